The molecule has 9 heteroatoms. The van der Waals surface area contributed by atoms with Gasteiger partial charge in [-0.05, 0) is 41.3 Å². The van der Waals surface area contributed by atoms with Gasteiger partial charge < -0.3 is 15.0 Å². The van der Waals surface area contributed by atoms with Crippen LogP contribution in [0.4, 0.5) is 5.69 Å². The predicted octanol–water partition coefficient (Wildman–Crippen LogP) is 3.89. The molecule has 0 aliphatic carbocycles. The van der Waals surface area contributed by atoms with Gasteiger partial charge in [0.2, 0.25) is 5.91 Å². The number of carbonyl (C=O) groups is 2. The number of benzene rings is 2. The lowest BCUT2D eigenvalue weighted by Gasteiger charge is -2.41. The average molecular weight is 474 g/mol. The van der Waals surface area contributed by atoms with E-state index in [-0.39, 0.29) is 11.8 Å². The molecule has 0 saturated carbocycles. The summed E-state index contributed by atoms with van der Waals surface area (Å²) in [5, 5.41) is 9.19. The second-order valence-electron chi connectivity index (χ2n) is 7.90. The zero-order valence-electron chi connectivity index (χ0n) is 18.5. The Kier molecular flexibility index (Phi) is 6.20. The van der Waals surface area contributed by atoms with E-state index in [9.17, 15) is 9.59 Å². The molecule has 2 aromatic carbocycles. The van der Waals surface area contributed by atoms with Gasteiger partial charge in [0.25, 0.3) is 5.91 Å². The number of hydrogen-bond acceptors (Lipinski definition) is 6. The van der Waals surface area contributed by atoms with E-state index in [0.29, 0.717) is 24.4 Å². The van der Waals surface area contributed by atoms with Crippen molar-refractivity contribution in [3.8, 4) is 5.69 Å². The summed E-state index contributed by atoms with van der Waals surface area (Å²) in [7, 11) is 1.61. The van der Waals surface area contributed by atoms with Crippen LogP contribution in [0, 0.1) is 0 Å². The zero-order chi connectivity index (χ0) is 23.5. The fraction of sp³-hybridized carbons (Fsp3) is 0.200. The van der Waals surface area contributed by atoms with Crippen LogP contribution in [0.1, 0.15) is 32.8 Å². The summed E-state index contributed by atoms with van der Waals surface area (Å²) in [6, 6.07) is 18.3. The molecule has 2 atom stereocenters. The Morgan fingerprint density at radius 2 is 2.03 bits per heavy atom. The van der Waals surface area contributed by atoms with Crippen LogP contribution in [-0.4, -0.2) is 51.7 Å². The molecule has 0 bridgehead atoms. The second-order valence-corrected chi connectivity index (χ2v) is 8.88. The van der Waals surface area contributed by atoms with E-state index in [0.717, 1.165) is 16.1 Å². The van der Waals surface area contributed by atoms with Crippen molar-refractivity contribution in [2.75, 3.05) is 25.6 Å². The van der Waals surface area contributed by atoms with Gasteiger partial charge in [0.15, 0.2) is 0 Å². The van der Waals surface area contributed by atoms with Crippen molar-refractivity contribution in [1.82, 2.24) is 19.7 Å². The quantitative estimate of drug-likeness (QED) is 0.440. The largest absolute Gasteiger partial charge is 0.383 e. The first kappa shape index (κ1) is 22.0. The first-order valence-corrected chi connectivity index (χ1v) is 11.7. The van der Waals surface area contributed by atoms with Crippen LogP contribution in [0.25, 0.3) is 5.69 Å². The maximum Gasteiger partial charge on any atom is 0.254 e. The van der Waals surface area contributed by atoms with Gasteiger partial charge in [-0.2, -0.15) is 5.10 Å². The predicted molar refractivity (Wildman–Crippen MR) is 129 cm³/mol. The standard InChI is InChI=1S/C25H23N5O3S/c1-33-12-11-29-23(21-10-5-13-34-21)22(19-8-2-3-9-20(19)25(29)32)24(31)28-17-6-4-7-18(14-17)30-16-26-15-27-30/h2-10,13-16,22-23H,11-12H2,1H3,(H,28,31). The number of nitrogens with zero attached hydrogens (tertiary/aromatic N) is 4. The Hall–Kier alpha value is -3.82. The number of ether oxygens (including phenoxy) is 1. The van der Waals surface area contributed by atoms with Gasteiger partial charge in [0.05, 0.1) is 24.3 Å². The highest BCUT2D eigenvalue weighted by Crippen LogP contribution is 2.44. The number of rotatable bonds is 7. The molecular formula is C25H23N5O3S. The molecule has 2 amide bonds. The van der Waals surface area contributed by atoms with Crippen molar-refractivity contribution < 1.29 is 14.3 Å². The number of carbonyl (C=O) groups excluding carboxylic acids is 2. The summed E-state index contributed by atoms with van der Waals surface area (Å²) in [6.45, 7) is 0.766. The fourth-order valence-corrected chi connectivity index (χ4v) is 5.25. The Balaban J connectivity index is 1.54. The SMILES string of the molecule is COCCN1C(=O)c2ccccc2C(C(=O)Nc2cccc(-n3cncn3)c2)C1c1cccs1. The van der Waals surface area contributed by atoms with E-state index >= 15 is 0 Å². The monoisotopic (exact) mass is 473 g/mol. The number of amides is 2. The minimum absolute atomic E-state index is 0.0942. The highest BCUT2D eigenvalue weighted by molar-refractivity contribution is 7.10. The Morgan fingerprint density at radius 1 is 1.15 bits per heavy atom. The van der Waals surface area contributed by atoms with E-state index in [2.05, 4.69) is 15.4 Å². The highest BCUT2D eigenvalue weighted by Gasteiger charge is 2.44. The van der Waals surface area contributed by atoms with Crippen LogP contribution in [0.2, 0.25) is 0 Å². The van der Waals surface area contributed by atoms with Crippen molar-refractivity contribution in [3.63, 3.8) is 0 Å². The molecule has 0 spiro atoms. The minimum Gasteiger partial charge on any atom is -0.383 e. The number of nitrogens with one attached hydrogen (secondary N) is 1. The van der Waals surface area contributed by atoms with Gasteiger partial charge in [-0.1, -0.05) is 30.3 Å². The molecular weight excluding hydrogens is 450 g/mol. The molecule has 0 fully saturated rings. The van der Waals surface area contributed by atoms with Crippen LogP contribution in [0.5, 0.6) is 0 Å². The van der Waals surface area contributed by atoms with Gasteiger partial charge in [0, 0.05) is 29.8 Å². The summed E-state index contributed by atoms with van der Waals surface area (Å²) < 4.78 is 6.91. The lowest BCUT2D eigenvalue weighted by atomic mass is 9.81. The number of methoxy groups -OCH3 is 1. The van der Waals surface area contributed by atoms with Crippen LogP contribution >= 0.6 is 11.3 Å². The topological polar surface area (TPSA) is 89.4 Å². The van der Waals surface area contributed by atoms with Crippen molar-refractivity contribution in [3.05, 3.63) is 94.7 Å². The summed E-state index contributed by atoms with van der Waals surface area (Å²) in [5.74, 6) is -0.862. The zero-order valence-corrected chi connectivity index (χ0v) is 19.3. The summed E-state index contributed by atoms with van der Waals surface area (Å²) in [5.41, 5.74) is 2.69. The molecule has 8 nitrogen and oxygen atoms in total. The first-order chi connectivity index (χ1) is 16.7. The molecule has 1 aliphatic heterocycles. The molecule has 2 aromatic heterocycles. The maximum absolute atomic E-state index is 13.8. The summed E-state index contributed by atoms with van der Waals surface area (Å²) in [4.78, 5) is 34.0. The third-order valence-electron chi connectivity index (χ3n) is 5.89. The van der Waals surface area contributed by atoms with Crippen LogP contribution in [0.3, 0.4) is 0 Å². The van der Waals surface area contributed by atoms with Gasteiger partial charge in [-0.3, -0.25) is 9.59 Å². The lowest BCUT2D eigenvalue weighted by Crippen LogP contribution is -2.47. The first-order valence-electron chi connectivity index (χ1n) is 10.9. The fourth-order valence-electron chi connectivity index (χ4n) is 4.37. The van der Waals surface area contributed by atoms with Crippen molar-refractivity contribution in [2.24, 2.45) is 0 Å². The second kappa shape index (κ2) is 9.58. The minimum atomic E-state index is -0.584. The molecule has 1 N–H and O–H groups in total. The lowest BCUT2D eigenvalue weighted by molar-refractivity contribution is -0.119. The van der Waals surface area contributed by atoms with E-state index in [1.54, 1.807) is 29.1 Å². The number of aromatic nitrogens is 3. The molecule has 5 rings (SSSR count). The van der Waals surface area contributed by atoms with Crippen molar-refractivity contribution >= 4 is 28.8 Å². The Labute approximate surface area is 200 Å². The van der Waals surface area contributed by atoms with Crippen LogP contribution < -0.4 is 5.32 Å². The Morgan fingerprint density at radius 3 is 2.79 bits per heavy atom. The maximum atomic E-state index is 13.8. The van der Waals surface area contributed by atoms with Gasteiger partial charge >= 0.3 is 0 Å². The summed E-state index contributed by atoms with van der Waals surface area (Å²) >= 11 is 1.54. The number of fused-ring (bicyclic) bond motifs is 1. The van der Waals surface area contributed by atoms with Gasteiger partial charge in [0.1, 0.15) is 12.7 Å². The third-order valence-corrected chi connectivity index (χ3v) is 6.83. The smallest absolute Gasteiger partial charge is 0.254 e. The van der Waals surface area contributed by atoms with Crippen molar-refractivity contribution in [2.45, 2.75) is 12.0 Å². The highest BCUT2D eigenvalue weighted by atomic mass is 32.1. The molecule has 2 unspecified atom stereocenters. The molecule has 34 heavy (non-hydrogen) atoms. The molecule has 4 aromatic rings. The number of anilines is 1. The molecule has 3 heterocycles. The van der Waals surface area contributed by atoms with E-state index < -0.39 is 12.0 Å². The number of thiophene rings is 1. The summed E-state index contributed by atoms with van der Waals surface area (Å²) in [6.07, 6.45) is 3.06. The van der Waals surface area contributed by atoms with E-state index in [4.69, 9.17) is 4.74 Å². The number of hydrogen-bond donors (Lipinski definition) is 1. The average Bonchev–Trinajstić information content (AvgIpc) is 3.58. The van der Waals surface area contributed by atoms with E-state index in [1.807, 2.05) is 60.0 Å². The molecule has 1 aliphatic rings. The van der Waals surface area contributed by atoms with Crippen LogP contribution in [0.15, 0.2) is 78.7 Å². The Bertz CT molecular complexity index is 1290. The molecule has 0 radical (unpaired) electrons. The van der Waals surface area contributed by atoms with Gasteiger partial charge in [-0.15, -0.1) is 11.3 Å². The van der Waals surface area contributed by atoms with Crippen LogP contribution in [-0.2, 0) is 9.53 Å². The normalized spacial score (nSPS) is 17.4. The van der Waals surface area contributed by atoms with Gasteiger partial charge in [-0.25, -0.2) is 9.67 Å². The van der Waals surface area contributed by atoms with E-state index in [1.165, 1.54) is 17.7 Å². The van der Waals surface area contributed by atoms with Crippen molar-refractivity contribution in [1.29, 1.82) is 0 Å². The molecule has 172 valence electrons. The third kappa shape index (κ3) is 4.11. The molecule has 0 saturated heterocycles.